The van der Waals surface area contributed by atoms with Crippen LogP contribution in [0.25, 0.3) is 11.1 Å². The molecule has 2 aromatic rings. The summed E-state index contributed by atoms with van der Waals surface area (Å²) >= 11 is 0. The molecule has 0 spiro atoms. The average Bonchev–Trinajstić information content (AvgIpc) is 3.66. The van der Waals surface area contributed by atoms with Crippen LogP contribution in [0, 0.1) is 0 Å². The van der Waals surface area contributed by atoms with Gasteiger partial charge in [-0.25, -0.2) is 14.6 Å². The molecule has 2 bridgehead atoms. The molecule has 7 rings (SSSR count). The topological polar surface area (TPSA) is 87.2 Å². The van der Waals surface area contributed by atoms with Crippen LogP contribution < -0.4 is 5.32 Å². The van der Waals surface area contributed by atoms with E-state index in [2.05, 4.69) is 35.3 Å². The zero-order valence-corrected chi connectivity index (χ0v) is 25.3. The van der Waals surface area contributed by atoms with Gasteiger partial charge >= 0.3 is 12.1 Å². The second-order valence-electron chi connectivity index (χ2n) is 13.8. The van der Waals surface area contributed by atoms with E-state index < -0.39 is 5.60 Å². The van der Waals surface area contributed by atoms with Crippen molar-refractivity contribution in [2.75, 3.05) is 38.2 Å². The van der Waals surface area contributed by atoms with Gasteiger partial charge in [-0.2, -0.15) is 0 Å². The van der Waals surface area contributed by atoms with Gasteiger partial charge in [0.05, 0.1) is 31.3 Å². The van der Waals surface area contributed by atoms with Crippen molar-refractivity contribution >= 4 is 17.9 Å². The number of benzene rings is 1. The summed E-state index contributed by atoms with van der Waals surface area (Å²) in [5, 5.41) is 3.41. The fourth-order valence-electron chi connectivity index (χ4n) is 7.58. The number of nitrogens with zero attached hydrogens (tertiary/aromatic N) is 4. The lowest BCUT2D eigenvalue weighted by Crippen LogP contribution is -2.55. The van der Waals surface area contributed by atoms with Crippen molar-refractivity contribution in [2.24, 2.45) is 0 Å². The minimum atomic E-state index is -0.562. The SMILES string of the molecule is CC1CNc2ncc(-c3cc4c(c([C@@H]5CCCN5C(=O)OC(C)(C)C)c3)CN(C(=O)N3C5CCC3COC5)CC4)cc21. The van der Waals surface area contributed by atoms with Gasteiger partial charge in [-0.1, -0.05) is 13.0 Å². The van der Waals surface area contributed by atoms with Crippen LogP contribution in [0.1, 0.15) is 87.6 Å². The number of hydrogen-bond donors (Lipinski definition) is 1. The Morgan fingerprint density at radius 1 is 1.02 bits per heavy atom. The smallest absolute Gasteiger partial charge is 0.410 e. The van der Waals surface area contributed by atoms with Gasteiger partial charge < -0.3 is 29.5 Å². The number of morpholine rings is 1. The molecule has 3 saturated heterocycles. The van der Waals surface area contributed by atoms with E-state index in [1.807, 2.05) is 36.8 Å². The molecule has 1 aromatic carbocycles. The Hall–Kier alpha value is -3.33. The lowest BCUT2D eigenvalue weighted by Gasteiger charge is -2.41. The number of amides is 3. The molecule has 224 valence electrons. The molecule has 42 heavy (non-hydrogen) atoms. The predicted octanol–water partition coefficient (Wildman–Crippen LogP) is 5.69. The summed E-state index contributed by atoms with van der Waals surface area (Å²) in [6, 6.07) is 7.22. The molecule has 3 unspecified atom stereocenters. The van der Waals surface area contributed by atoms with E-state index in [0.29, 0.717) is 38.8 Å². The van der Waals surface area contributed by atoms with Gasteiger partial charge in [0.2, 0.25) is 0 Å². The number of pyridine rings is 1. The second-order valence-corrected chi connectivity index (χ2v) is 13.8. The highest BCUT2D eigenvalue weighted by molar-refractivity contribution is 5.77. The van der Waals surface area contributed by atoms with Gasteiger partial charge in [-0.05, 0) is 92.8 Å². The number of nitrogens with one attached hydrogen (secondary N) is 1. The maximum Gasteiger partial charge on any atom is 0.410 e. The van der Waals surface area contributed by atoms with Crippen LogP contribution in [0.3, 0.4) is 0 Å². The first-order chi connectivity index (χ1) is 20.2. The fraction of sp³-hybridized carbons (Fsp3) is 0.606. The summed E-state index contributed by atoms with van der Waals surface area (Å²) < 4.78 is 11.6. The highest BCUT2D eigenvalue weighted by Gasteiger charge is 2.43. The van der Waals surface area contributed by atoms with Gasteiger partial charge in [0.1, 0.15) is 11.4 Å². The predicted molar refractivity (Wildman–Crippen MR) is 160 cm³/mol. The first kappa shape index (κ1) is 27.5. The number of carbonyl (C=O) groups is 2. The Kier molecular flexibility index (Phi) is 6.83. The number of rotatable bonds is 2. The highest BCUT2D eigenvalue weighted by atomic mass is 16.6. The van der Waals surface area contributed by atoms with Crippen LogP contribution in [0.5, 0.6) is 0 Å². The molecule has 0 radical (unpaired) electrons. The summed E-state index contributed by atoms with van der Waals surface area (Å²) in [4.78, 5) is 38.1. The van der Waals surface area contributed by atoms with Crippen LogP contribution in [0.15, 0.2) is 24.4 Å². The van der Waals surface area contributed by atoms with Crippen molar-refractivity contribution in [1.29, 1.82) is 0 Å². The van der Waals surface area contributed by atoms with Crippen molar-refractivity contribution in [1.82, 2.24) is 19.7 Å². The van der Waals surface area contributed by atoms with Gasteiger partial charge in [0.15, 0.2) is 0 Å². The molecule has 9 nitrogen and oxygen atoms in total. The number of urea groups is 1. The summed E-state index contributed by atoms with van der Waals surface area (Å²) in [5.74, 6) is 1.39. The molecule has 0 aliphatic carbocycles. The molecule has 5 aliphatic rings. The van der Waals surface area contributed by atoms with Crippen LogP contribution >= 0.6 is 0 Å². The number of ether oxygens (including phenoxy) is 2. The number of aromatic nitrogens is 1. The van der Waals surface area contributed by atoms with Crippen molar-refractivity contribution in [3.8, 4) is 11.1 Å². The number of anilines is 1. The average molecular weight is 574 g/mol. The molecular weight excluding hydrogens is 530 g/mol. The normalized spacial score (nSPS) is 26.6. The largest absolute Gasteiger partial charge is 0.444 e. The van der Waals surface area contributed by atoms with Crippen molar-refractivity contribution in [3.63, 3.8) is 0 Å². The van der Waals surface area contributed by atoms with Crippen molar-refractivity contribution in [2.45, 2.75) is 96.0 Å². The summed E-state index contributed by atoms with van der Waals surface area (Å²) in [6.07, 6.45) is 6.32. The third kappa shape index (κ3) is 4.89. The van der Waals surface area contributed by atoms with Gasteiger partial charge in [-0.3, -0.25) is 0 Å². The first-order valence-corrected chi connectivity index (χ1v) is 15.7. The Balaban J connectivity index is 1.26. The van der Waals surface area contributed by atoms with E-state index in [0.717, 1.165) is 61.2 Å². The zero-order chi connectivity index (χ0) is 29.2. The lowest BCUT2D eigenvalue weighted by atomic mass is 9.86. The quantitative estimate of drug-likeness (QED) is 0.497. The van der Waals surface area contributed by atoms with E-state index in [1.54, 1.807) is 0 Å². The van der Waals surface area contributed by atoms with Crippen LogP contribution in [0.4, 0.5) is 15.4 Å². The zero-order valence-electron chi connectivity index (χ0n) is 25.3. The molecule has 5 aliphatic heterocycles. The Morgan fingerprint density at radius 3 is 2.55 bits per heavy atom. The standard InChI is InChI=1S/C33H43N5O4/c1-20-15-34-30-26(20)14-23(16-35-30)22-12-21-9-11-36(31(39)38-24-7-8-25(38)19-41-18-24)17-28(21)27(13-22)29-6-5-10-37(29)32(40)42-33(2,3)4/h12-14,16,20,24-25,29H,5-11,15,17-19H2,1-4H3,(H,34,35)/t20?,24?,25?,29-/m0/s1. The molecular formula is C33H43N5O4. The molecule has 3 amide bonds. The monoisotopic (exact) mass is 573 g/mol. The highest BCUT2D eigenvalue weighted by Crippen LogP contribution is 2.42. The number of likely N-dealkylation sites (tertiary alicyclic amines) is 1. The third-order valence-electron chi connectivity index (χ3n) is 9.71. The first-order valence-electron chi connectivity index (χ1n) is 15.7. The maximum absolute atomic E-state index is 13.9. The minimum Gasteiger partial charge on any atom is -0.444 e. The van der Waals surface area contributed by atoms with Crippen LogP contribution in [-0.4, -0.2) is 82.3 Å². The molecule has 0 saturated carbocycles. The number of carbonyl (C=O) groups excluding carboxylic acids is 2. The molecule has 9 heteroatoms. The third-order valence-corrected chi connectivity index (χ3v) is 9.71. The Labute approximate surface area is 248 Å². The second kappa shape index (κ2) is 10.4. The molecule has 6 heterocycles. The summed E-state index contributed by atoms with van der Waals surface area (Å²) in [5.41, 5.74) is 6.49. The minimum absolute atomic E-state index is 0.0915. The Bertz CT molecular complexity index is 1390. The fourth-order valence-corrected chi connectivity index (χ4v) is 7.58. The molecule has 3 fully saturated rings. The summed E-state index contributed by atoms with van der Waals surface area (Å²) in [6.45, 7) is 12.1. The van der Waals surface area contributed by atoms with E-state index in [9.17, 15) is 9.59 Å². The van der Waals surface area contributed by atoms with Crippen LogP contribution in [0.2, 0.25) is 0 Å². The lowest BCUT2D eigenvalue weighted by molar-refractivity contribution is -0.00299. The van der Waals surface area contributed by atoms with Gasteiger partial charge in [0.25, 0.3) is 0 Å². The van der Waals surface area contributed by atoms with Gasteiger partial charge in [-0.15, -0.1) is 0 Å². The molecule has 1 aromatic heterocycles. The van der Waals surface area contributed by atoms with E-state index in [4.69, 9.17) is 14.5 Å². The maximum atomic E-state index is 13.9. The van der Waals surface area contributed by atoms with Crippen molar-refractivity contribution in [3.05, 3.63) is 46.6 Å². The molecule has 1 N–H and O–H groups in total. The number of hydrogen-bond acceptors (Lipinski definition) is 6. The van der Waals surface area contributed by atoms with E-state index in [1.165, 1.54) is 16.7 Å². The molecule has 4 atom stereocenters. The Morgan fingerprint density at radius 2 is 1.79 bits per heavy atom. The van der Waals surface area contributed by atoms with Gasteiger partial charge in [0, 0.05) is 43.9 Å². The van der Waals surface area contributed by atoms with Crippen LogP contribution in [-0.2, 0) is 22.4 Å². The van der Waals surface area contributed by atoms with E-state index >= 15 is 0 Å². The number of fused-ring (bicyclic) bond motifs is 4. The summed E-state index contributed by atoms with van der Waals surface area (Å²) in [7, 11) is 0. The van der Waals surface area contributed by atoms with Crippen molar-refractivity contribution < 1.29 is 19.1 Å². The van der Waals surface area contributed by atoms with E-state index in [-0.39, 0.29) is 30.2 Å².